The van der Waals surface area contributed by atoms with Gasteiger partial charge in [0.15, 0.2) is 0 Å². The van der Waals surface area contributed by atoms with Crippen molar-refractivity contribution in [1.82, 2.24) is 14.8 Å². The first-order valence-electron chi connectivity index (χ1n) is 6.91. The molecule has 1 aliphatic rings. The van der Waals surface area contributed by atoms with Crippen molar-refractivity contribution in [2.24, 2.45) is 0 Å². The molecule has 3 amide bonds. The number of hydrogen-bond donors (Lipinski definition) is 0. The summed E-state index contributed by atoms with van der Waals surface area (Å²) in [6.45, 7) is 1.33. The lowest BCUT2D eigenvalue weighted by Gasteiger charge is -2.17. The fourth-order valence-electron chi connectivity index (χ4n) is 2.37. The van der Waals surface area contributed by atoms with Crippen molar-refractivity contribution in [2.75, 3.05) is 13.1 Å². The smallest absolute Gasteiger partial charge is 0.318 e. The third-order valence-corrected chi connectivity index (χ3v) is 3.75. The number of pyridine rings is 1. The highest BCUT2D eigenvalue weighted by atomic mass is 35.5. The lowest BCUT2D eigenvalue weighted by Crippen LogP contribution is -2.36. The predicted molar refractivity (Wildman–Crippen MR) is 82.5 cm³/mol. The third kappa shape index (κ3) is 2.94. The van der Waals surface area contributed by atoms with Crippen LogP contribution in [0.15, 0.2) is 48.7 Å². The molecule has 6 heteroatoms. The summed E-state index contributed by atoms with van der Waals surface area (Å²) < 4.78 is 0. The van der Waals surface area contributed by atoms with E-state index in [2.05, 4.69) is 4.98 Å². The van der Waals surface area contributed by atoms with E-state index in [1.165, 1.54) is 4.90 Å². The van der Waals surface area contributed by atoms with Crippen molar-refractivity contribution < 1.29 is 9.59 Å². The molecule has 0 spiro atoms. The molecule has 3 rings (SSSR count). The van der Waals surface area contributed by atoms with Gasteiger partial charge in [-0.1, -0.05) is 35.9 Å². The van der Waals surface area contributed by atoms with E-state index in [0.717, 1.165) is 5.56 Å². The monoisotopic (exact) mass is 315 g/mol. The van der Waals surface area contributed by atoms with Gasteiger partial charge in [-0.05, 0) is 23.8 Å². The normalized spacial score (nSPS) is 14.5. The first kappa shape index (κ1) is 14.5. The van der Waals surface area contributed by atoms with E-state index in [4.69, 9.17) is 11.6 Å². The van der Waals surface area contributed by atoms with Gasteiger partial charge in [-0.15, -0.1) is 0 Å². The summed E-state index contributed by atoms with van der Waals surface area (Å²) in [5.74, 6) is -0.262. The van der Waals surface area contributed by atoms with Crippen molar-refractivity contribution >= 4 is 23.5 Å². The van der Waals surface area contributed by atoms with E-state index in [0.29, 0.717) is 30.4 Å². The summed E-state index contributed by atoms with van der Waals surface area (Å²) in [6.07, 6.45) is 1.64. The summed E-state index contributed by atoms with van der Waals surface area (Å²) in [4.78, 5) is 31.6. The Morgan fingerprint density at radius 3 is 2.59 bits per heavy atom. The zero-order valence-corrected chi connectivity index (χ0v) is 12.5. The van der Waals surface area contributed by atoms with Gasteiger partial charge in [-0.25, -0.2) is 9.78 Å². The zero-order chi connectivity index (χ0) is 15.5. The maximum Gasteiger partial charge on any atom is 0.327 e. The number of nitrogens with zero attached hydrogens (tertiary/aromatic N) is 3. The van der Waals surface area contributed by atoms with Crippen LogP contribution in [-0.4, -0.2) is 39.8 Å². The maximum atomic E-state index is 12.4. The van der Waals surface area contributed by atoms with Gasteiger partial charge in [-0.3, -0.25) is 9.69 Å². The summed E-state index contributed by atoms with van der Waals surface area (Å²) in [6, 6.07) is 12.1. The Morgan fingerprint density at radius 2 is 1.91 bits per heavy atom. The first-order valence-corrected chi connectivity index (χ1v) is 7.29. The molecule has 1 saturated heterocycles. The van der Waals surface area contributed by atoms with Crippen LogP contribution in [0.25, 0.3) is 0 Å². The van der Waals surface area contributed by atoms with E-state index in [9.17, 15) is 9.59 Å². The van der Waals surface area contributed by atoms with E-state index in [1.807, 2.05) is 12.1 Å². The molecule has 22 heavy (non-hydrogen) atoms. The Bertz CT molecular complexity index is 688. The molecule has 1 aromatic carbocycles. The highest BCUT2D eigenvalue weighted by Gasteiger charge is 2.33. The second-order valence-corrected chi connectivity index (χ2v) is 5.40. The largest absolute Gasteiger partial charge is 0.327 e. The van der Waals surface area contributed by atoms with Crippen molar-refractivity contribution in [3.63, 3.8) is 0 Å². The lowest BCUT2D eigenvalue weighted by molar-refractivity contribution is 0.0822. The van der Waals surface area contributed by atoms with Gasteiger partial charge in [0.05, 0.1) is 0 Å². The average Bonchev–Trinajstić information content (AvgIpc) is 2.91. The molecule has 1 fully saturated rings. The fourth-order valence-corrected chi connectivity index (χ4v) is 2.49. The van der Waals surface area contributed by atoms with Gasteiger partial charge in [0.2, 0.25) is 0 Å². The van der Waals surface area contributed by atoms with Crippen LogP contribution < -0.4 is 0 Å². The molecule has 0 atom stereocenters. The summed E-state index contributed by atoms with van der Waals surface area (Å²) in [5, 5.41) is 0.414. The number of benzene rings is 1. The summed E-state index contributed by atoms with van der Waals surface area (Å²) in [7, 11) is 0. The number of halogens is 1. The van der Waals surface area contributed by atoms with Crippen LogP contribution in [0.4, 0.5) is 4.79 Å². The van der Waals surface area contributed by atoms with Gasteiger partial charge in [0.1, 0.15) is 5.15 Å². The number of hydrogen-bond acceptors (Lipinski definition) is 3. The molecule has 0 saturated carbocycles. The minimum absolute atomic E-state index is 0.262. The molecular weight excluding hydrogens is 302 g/mol. The Morgan fingerprint density at radius 1 is 1.14 bits per heavy atom. The Labute approximate surface area is 133 Å². The van der Waals surface area contributed by atoms with Crippen LogP contribution in [0.1, 0.15) is 15.9 Å². The standard InChI is InChI=1S/C16H14ClN3O2/c17-14-7-6-12(10-18-14)11-19-8-9-20(16(19)22)15(21)13-4-2-1-3-5-13/h1-7,10H,8-9,11H2. The SMILES string of the molecule is O=C(c1ccccc1)N1CCN(Cc2ccc(Cl)nc2)C1=O. The predicted octanol–water partition coefficient (Wildman–Crippen LogP) is 2.81. The number of rotatable bonds is 3. The van der Waals surface area contributed by atoms with Gasteiger partial charge in [0.25, 0.3) is 5.91 Å². The van der Waals surface area contributed by atoms with Crippen LogP contribution in [-0.2, 0) is 6.54 Å². The fraction of sp³-hybridized carbons (Fsp3) is 0.188. The Hall–Kier alpha value is -2.40. The van der Waals surface area contributed by atoms with E-state index in [1.54, 1.807) is 41.4 Å². The second-order valence-electron chi connectivity index (χ2n) is 5.02. The second kappa shape index (κ2) is 6.15. The minimum atomic E-state index is -0.274. The quantitative estimate of drug-likeness (QED) is 0.818. The third-order valence-electron chi connectivity index (χ3n) is 3.52. The molecule has 5 nitrogen and oxygen atoms in total. The summed E-state index contributed by atoms with van der Waals surface area (Å²) in [5.41, 5.74) is 1.40. The van der Waals surface area contributed by atoms with Crippen LogP contribution in [0.3, 0.4) is 0 Å². The van der Waals surface area contributed by atoms with E-state index in [-0.39, 0.29) is 11.9 Å². The molecule has 2 heterocycles. The van der Waals surface area contributed by atoms with Gasteiger partial charge >= 0.3 is 6.03 Å². The van der Waals surface area contributed by atoms with Gasteiger partial charge in [0, 0.05) is 31.4 Å². The first-order chi connectivity index (χ1) is 10.6. The number of amides is 3. The average molecular weight is 316 g/mol. The zero-order valence-electron chi connectivity index (χ0n) is 11.8. The van der Waals surface area contributed by atoms with Crippen LogP contribution >= 0.6 is 11.6 Å². The molecule has 0 radical (unpaired) electrons. The molecule has 1 aromatic heterocycles. The number of imide groups is 1. The molecule has 0 N–H and O–H groups in total. The highest BCUT2D eigenvalue weighted by molar-refractivity contribution is 6.29. The molecule has 0 aliphatic carbocycles. The van der Waals surface area contributed by atoms with Crippen LogP contribution in [0.2, 0.25) is 5.15 Å². The van der Waals surface area contributed by atoms with Crippen LogP contribution in [0.5, 0.6) is 0 Å². The topological polar surface area (TPSA) is 53.5 Å². The summed E-state index contributed by atoms with van der Waals surface area (Å²) >= 11 is 5.75. The van der Waals surface area contributed by atoms with Crippen LogP contribution in [0, 0.1) is 0 Å². The number of carbonyl (C=O) groups is 2. The number of carbonyl (C=O) groups excluding carboxylic acids is 2. The molecule has 0 unspecified atom stereocenters. The molecular formula is C16H14ClN3O2. The molecule has 1 aliphatic heterocycles. The van der Waals surface area contributed by atoms with Gasteiger partial charge in [-0.2, -0.15) is 0 Å². The minimum Gasteiger partial charge on any atom is -0.318 e. The van der Waals surface area contributed by atoms with Crippen molar-refractivity contribution in [3.05, 3.63) is 64.9 Å². The molecule has 2 aromatic rings. The Kier molecular flexibility index (Phi) is 4.06. The molecule has 112 valence electrons. The number of urea groups is 1. The van der Waals surface area contributed by atoms with Gasteiger partial charge < -0.3 is 4.90 Å². The van der Waals surface area contributed by atoms with E-state index >= 15 is 0 Å². The highest BCUT2D eigenvalue weighted by Crippen LogP contribution is 2.16. The molecule has 0 bridgehead atoms. The number of aromatic nitrogens is 1. The maximum absolute atomic E-state index is 12.4. The van der Waals surface area contributed by atoms with Crippen molar-refractivity contribution in [2.45, 2.75) is 6.54 Å². The van der Waals surface area contributed by atoms with Crippen molar-refractivity contribution in [1.29, 1.82) is 0 Å². The lowest BCUT2D eigenvalue weighted by atomic mass is 10.2. The van der Waals surface area contributed by atoms with E-state index < -0.39 is 0 Å². The Balaban J connectivity index is 1.69. The van der Waals surface area contributed by atoms with Crippen molar-refractivity contribution in [3.8, 4) is 0 Å².